The minimum absolute atomic E-state index is 0. The molecule has 0 aliphatic rings. The maximum atomic E-state index is 3.66. The second-order valence-electron chi connectivity index (χ2n) is 1.96. The first-order valence-electron chi connectivity index (χ1n) is 3.78. The third kappa shape index (κ3) is 16.6. The fourth-order valence-corrected chi connectivity index (χ4v) is 0.555. The molecule has 0 aliphatic carbocycles. The second-order valence-corrected chi connectivity index (χ2v) is 9.13. The fourth-order valence-electron chi connectivity index (χ4n) is 0.555. The van der Waals surface area contributed by atoms with Gasteiger partial charge in [0.1, 0.15) is 0 Å². The van der Waals surface area contributed by atoms with Gasteiger partial charge < -0.3 is 9.97 Å². The van der Waals surface area contributed by atoms with E-state index in [1.165, 1.54) is 0 Å². The number of nitrogens with zero attached hydrogens (tertiary/aromatic N) is 2. The Hall–Kier alpha value is 0.212. The monoisotopic (exact) mass is 456 g/mol. The molecule has 0 N–H and O–H groups in total. The zero-order chi connectivity index (χ0) is 11.2. The molecule has 0 fully saturated rings. The number of hydrogen-bond acceptors (Lipinski definition) is 2. The van der Waals surface area contributed by atoms with E-state index >= 15 is 0 Å². The van der Waals surface area contributed by atoms with Gasteiger partial charge in [-0.05, 0) is 0 Å². The first kappa shape index (κ1) is 18.6. The normalized spacial score (nSPS) is 7.38. The van der Waals surface area contributed by atoms with Crippen LogP contribution in [0.3, 0.4) is 0 Å². The minimum Gasteiger partial charge on any atom is -0.394 e. The first-order chi connectivity index (χ1) is 7.41. The molecule has 0 radical (unpaired) electrons. The standard InChI is InChI=1S/2C5H4N.2BrH.ClH.Pd/c2*1-2-4-6-5-3-1;;;;/h2*1-4H;3*1H;/q2*-1;;;;+2/p-2. The zero-order valence-corrected chi connectivity index (χ0v) is 13.5. The van der Waals surface area contributed by atoms with Gasteiger partial charge in [0.2, 0.25) is 0 Å². The first-order valence-corrected chi connectivity index (χ1v) is 10.9. The largest absolute Gasteiger partial charge is 0.394 e. The van der Waals surface area contributed by atoms with E-state index in [1.54, 1.807) is 24.5 Å². The molecule has 0 bridgehead atoms. The topological polar surface area (TPSA) is 25.8 Å². The van der Waals surface area contributed by atoms with Crippen molar-refractivity contribution >= 4 is 39.3 Å². The molecule has 6 heteroatoms. The summed E-state index contributed by atoms with van der Waals surface area (Å²) in [5, 5.41) is 0. The van der Waals surface area contributed by atoms with Crippen LogP contribution in [0.4, 0.5) is 0 Å². The van der Waals surface area contributed by atoms with Crippen molar-refractivity contribution in [3.05, 3.63) is 61.2 Å². The molecule has 0 atom stereocenters. The predicted octanol–water partition coefficient (Wildman–Crippen LogP) is 3.87. The summed E-state index contributed by atoms with van der Waals surface area (Å²) in [6.07, 6.45) is 8.67. The summed E-state index contributed by atoms with van der Waals surface area (Å²) in [5.74, 6) is 0. The average Bonchev–Trinajstić information content (AvgIpc) is 2.35. The van der Waals surface area contributed by atoms with E-state index in [-0.39, 0.29) is 12.4 Å². The molecule has 0 saturated carbocycles. The van der Waals surface area contributed by atoms with E-state index in [1.807, 2.05) is 24.3 Å². The Balaban J connectivity index is 0. The second kappa shape index (κ2) is 17.6. The quantitative estimate of drug-likeness (QED) is 0.442. The third-order valence-electron chi connectivity index (χ3n) is 1.03. The molecule has 0 aliphatic heterocycles. The van der Waals surface area contributed by atoms with Crippen molar-refractivity contribution in [3.8, 4) is 0 Å². The Morgan fingerprint density at radius 3 is 1.25 bits per heavy atom. The van der Waals surface area contributed by atoms with Gasteiger partial charge in [-0.1, -0.05) is 24.8 Å². The molecule has 0 unspecified atom stereocenters. The van der Waals surface area contributed by atoms with Gasteiger partial charge in [0.25, 0.3) is 0 Å². The van der Waals surface area contributed by atoms with Crippen LogP contribution in [0.5, 0.6) is 0 Å². The summed E-state index contributed by atoms with van der Waals surface area (Å²) in [6.45, 7) is 0. The van der Waals surface area contributed by atoms with Crippen LogP contribution in [0.1, 0.15) is 0 Å². The maximum Gasteiger partial charge on any atom is -0.0813 e. The summed E-state index contributed by atoms with van der Waals surface area (Å²) in [4.78, 5) is 7.32. The van der Waals surface area contributed by atoms with Gasteiger partial charge in [0.15, 0.2) is 0 Å². The van der Waals surface area contributed by atoms with E-state index in [0.29, 0.717) is 13.9 Å². The Morgan fingerprint density at radius 1 is 0.812 bits per heavy atom. The smallest absolute Gasteiger partial charge is 0.0813 e. The summed E-state index contributed by atoms with van der Waals surface area (Å²) >= 11 is 6.80. The van der Waals surface area contributed by atoms with Gasteiger partial charge in [-0.25, -0.2) is 0 Å². The molecule has 16 heavy (non-hydrogen) atoms. The molecule has 2 heterocycles. The molecule has 0 spiro atoms. The van der Waals surface area contributed by atoms with E-state index < -0.39 is 0 Å². The SMILES string of the molecule is Cl.[Br][Pd][Br].[c-]1ccccn1.[c-]1ccccn1. The van der Waals surface area contributed by atoms with Gasteiger partial charge in [-0.2, -0.15) is 36.4 Å². The van der Waals surface area contributed by atoms with Gasteiger partial charge in [-0.3, -0.25) is 0 Å². The number of hydrogen-bond donors (Lipinski definition) is 0. The summed E-state index contributed by atoms with van der Waals surface area (Å²) in [5.41, 5.74) is 0. The average molecular weight is 459 g/mol. The Bertz CT molecular complexity index is 215. The van der Waals surface area contributed by atoms with Crippen molar-refractivity contribution in [2.75, 3.05) is 0 Å². The number of aromatic nitrogens is 2. The van der Waals surface area contributed by atoms with E-state index in [4.69, 9.17) is 0 Å². The fraction of sp³-hybridized carbons (Fsp3) is 0. The number of halogens is 3. The van der Waals surface area contributed by atoms with E-state index in [2.05, 4.69) is 49.2 Å². The molecule has 0 saturated heterocycles. The van der Waals surface area contributed by atoms with E-state index in [9.17, 15) is 0 Å². The minimum atomic E-state index is 0. The molecule has 0 aromatic carbocycles. The molecular formula is C10H9Br2ClN2Pd-2. The molecule has 2 nitrogen and oxygen atoms in total. The van der Waals surface area contributed by atoms with Crippen LogP contribution in [0, 0.1) is 12.4 Å². The van der Waals surface area contributed by atoms with Crippen LogP contribution in [0.15, 0.2) is 48.8 Å². The van der Waals surface area contributed by atoms with E-state index in [0.717, 1.165) is 0 Å². The van der Waals surface area contributed by atoms with Crippen molar-refractivity contribution in [2.24, 2.45) is 0 Å². The zero-order valence-electron chi connectivity index (χ0n) is 7.99. The van der Waals surface area contributed by atoms with Gasteiger partial charge in [0, 0.05) is 0 Å². The molecule has 92 valence electrons. The van der Waals surface area contributed by atoms with Gasteiger partial charge in [0.05, 0.1) is 0 Å². The molecule has 0 amide bonds. The van der Waals surface area contributed by atoms with Crippen LogP contribution >= 0.6 is 39.3 Å². The predicted molar refractivity (Wildman–Crippen MR) is 71.2 cm³/mol. The van der Waals surface area contributed by atoms with Crippen molar-refractivity contribution < 1.29 is 13.9 Å². The van der Waals surface area contributed by atoms with Crippen molar-refractivity contribution in [1.29, 1.82) is 0 Å². The number of rotatable bonds is 0. The van der Waals surface area contributed by atoms with Crippen molar-refractivity contribution in [2.45, 2.75) is 0 Å². The van der Waals surface area contributed by atoms with Gasteiger partial charge in [-0.15, -0.1) is 12.4 Å². The van der Waals surface area contributed by atoms with Crippen LogP contribution < -0.4 is 0 Å². The Kier molecular flexibility index (Phi) is 20.4. The summed E-state index contributed by atoms with van der Waals surface area (Å²) < 4.78 is 0. The summed E-state index contributed by atoms with van der Waals surface area (Å²) in [6, 6.07) is 11.0. The van der Waals surface area contributed by atoms with Crippen LogP contribution in [-0.4, -0.2) is 9.97 Å². The third-order valence-corrected chi connectivity index (χ3v) is 1.03. The van der Waals surface area contributed by atoms with Crippen LogP contribution in [-0.2, 0) is 13.9 Å². The van der Waals surface area contributed by atoms with Crippen LogP contribution in [0.25, 0.3) is 0 Å². The van der Waals surface area contributed by atoms with Crippen molar-refractivity contribution in [1.82, 2.24) is 9.97 Å². The number of pyridine rings is 2. The Labute approximate surface area is 123 Å². The van der Waals surface area contributed by atoms with Crippen molar-refractivity contribution in [3.63, 3.8) is 0 Å². The molecule has 2 aromatic heterocycles. The van der Waals surface area contributed by atoms with Crippen LogP contribution in [0.2, 0.25) is 0 Å². The Morgan fingerprint density at radius 2 is 1.19 bits per heavy atom. The van der Waals surface area contributed by atoms with Gasteiger partial charge >= 0.3 is 40.8 Å². The molecule has 2 aromatic rings. The molecular weight excluding hydrogens is 450 g/mol. The maximum absolute atomic E-state index is 3.66. The molecule has 2 rings (SSSR count). The summed E-state index contributed by atoms with van der Waals surface area (Å²) in [7, 11) is 0.